The maximum absolute atomic E-state index is 13.6. The van der Waals surface area contributed by atoms with Gasteiger partial charge in [-0.05, 0) is 43.3 Å². The number of likely N-dealkylation sites (N-methyl/N-ethyl adjacent to an activating group) is 1. The van der Waals surface area contributed by atoms with Gasteiger partial charge in [-0.1, -0.05) is 6.07 Å². The van der Waals surface area contributed by atoms with E-state index in [1.807, 2.05) is 11.9 Å². The Morgan fingerprint density at radius 1 is 1.36 bits per heavy atom. The quantitative estimate of drug-likeness (QED) is 0.923. The van der Waals surface area contributed by atoms with E-state index in [-0.39, 0.29) is 18.1 Å². The van der Waals surface area contributed by atoms with E-state index < -0.39 is 11.6 Å². The monoisotopic (exact) mass is 349 g/mol. The van der Waals surface area contributed by atoms with Gasteiger partial charge in [-0.25, -0.2) is 13.6 Å². The molecule has 2 aromatic rings. The molecule has 1 saturated heterocycles. The van der Waals surface area contributed by atoms with Crippen LogP contribution < -0.4 is 5.32 Å². The minimum absolute atomic E-state index is 0.179. The predicted octanol–water partition coefficient (Wildman–Crippen LogP) is 3.14. The second kappa shape index (κ2) is 7.23. The summed E-state index contributed by atoms with van der Waals surface area (Å²) in [4.78, 5) is 16.0. The minimum atomic E-state index is -0.877. The first-order valence-electron chi connectivity index (χ1n) is 8.15. The Balaban J connectivity index is 1.69. The molecule has 3 rings (SSSR count). The van der Waals surface area contributed by atoms with Crippen LogP contribution in [0.15, 0.2) is 41.0 Å². The first kappa shape index (κ1) is 17.4. The molecule has 2 amide bonds. The van der Waals surface area contributed by atoms with Gasteiger partial charge in [0.15, 0.2) is 11.6 Å². The summed E-state index contributed by atoms with van der Waals surface area (Å²) in [6, 6.07) is 6.86. The van der Waals surface area contributed by atoms with Crippen molar-refractivity contribution in [3.63, 3.8) is 0 Å². The van der Waals surface area contributed by atoms with Crippen molar-refractivity contribution >= 4 is 6.03 Å². The summed E-state index contributed by atoms with van der Waals surface area (Å²) in [7, 11) is 3.59. The van der Waals surface area contributed by atoms with Gasteiger partial charge < -0.3 is 14.6 Å². The second-order valence-electron chi connectivity index (χ2n) is 6.38. The van der Waals surface area contributed by atoms with Gasteiger partial charge in [0.2, 0.25) is 0 Å². The number of urea groups is 1. The summed E-state index contributed by atoms with van der Waals surface area (Å²) in [5, 5.41) is 2.99. The zero-order valence-corrected chi connectivity index (χ0v) is 14.2. The molecular formula is C18H21F2N3O2. The van der Waals surface area contributed by atoms with Crippen LogP contribution in [-0.4, -0.2) is 42.5 Å². The molecule has 7 heteroatoms. The average molecular weight is 349 g/mol. The molecule has 5 nitrogen and oxygen atoms in total. The molecule has 0 radical (unpaired) electrons. The largest absolute Gasteiger partial charge is 0.467 e. The van der Waals surface area contributed by atoms with E-state index in [2.05, 4.69) is 5.32 Å². The Kier molecular flexibility index (Phi) is 5.03. The molecule has 25 heavy (non-hydrogen) atoms. The zero-order chi connectivity index (χ0) is 18.0. The summed E-state index contributed by atoms with van der Waals surface area (Å²) in [5.41, 5.74) is 0.651. The first-order chi connectivity index (χ1) is 12.0. The molecule has 2 atom stereocenters. The van der Waals surface area contributed by atoms with Crippen molar-refractivity contribution in [1.29, 1.82) is 0 Å². The van der Waals surface area contributed by atoms with Crippen molar-refractivity contribution in [2.45, 2.75) is 25.0 Å². The van der Waals surface area contributed by atoms with Crippen LogP contribution >= 0.6 is 0 Å². The standard InChI is InChI=1S/C18H21F2N3O2/c1-22-8-7-16(17(22)12-5-6-14(19)15(20)10-12)21-18(24)23(2)11-13-4-3-9-25-13/h3-6,9-10,16-17H,7-8,11H2,1-2H3,(H,21,24). The average Bonchev–Trinajstić information content (AvgIpc) is 3.20. The second-order valence-corrected chi connectivity index (χ2v) is 6.38. The van der Waals surface area contributed by atoms with E-state index in [9.17, 15) is 13.6 Å². The number of carbonyl (C=O) groups excluding carboxylic acids is 1. The van der Waals surface area contributed by atoms with Crippen molar-refractivity contribution in [2.75, 3.05) is 20.6 Å². The van der Waals surface area contributed by atoms with Crippen LogP contribution in [0.3, 0.4) is 0 Å². The maximum Gasteiger partial charge on any atom is 0.317 e. The number of hydrogen-bond donors (Lipinski definition) is 1. The third-order valence-electron chi connectivity index (χ3n) is 4.56. The number of nitrogens with one attached hydrogen (secondary N) is 1. The van der Waals surface area contributed by atoms with Gasteiger partial charge in [-0.15, -0.1) is 0 Å². The number of carbonyl (C=O) groups is 1. The highest BCUT2D eigenvalue weighted by Gasteiger charge is 2.35. The maximum atomic E-state index is 13.6. The molecular weight excluding hydrogens is 328 g/mol. The highest BCUT2D eigenvalue weighted by Crippen LogP contribution is 2.31. The highest BCUT2D eigenvalue weighted by molar-refractivity contribution is 5.74. The van der Waals surface area contributed by atoms with Gasteiger partial charge in [-0.3, -0.25) is 4.90 Å². The summed E-state index contributed by atoms with van der Waals surface area (Å²) in [6.07, 6.45) is 2.30. The summed E-state index contributed by atoms with van der Waals surface area (Å²) < 4.78 is 32.0. The number of nitrogens with zero attached hydrogens (tertiary/aromatic N) is 2. The number of amides is 2. The molecule has 1 N–H and O–H groups in total. The van der Waals surface area contributed by atoms with Crippen molar-refractivity contribution in [3.8, 4) is 0 Å². The number of rotatable bonds is 4. The lowest BCUT2D eigenvalue weighted by atomic mass is 10.00. The normalized spacial score (nSPS) is 20.6. The van der Waals surface area contributed by atoms with Crippen LogP contribution in [0, 0.1) is 11.6 Å². The van der Waals surface area contributed by atoms with E-state index in [0.29, 0.717) is 17.9 Å². The van der Waals surface area contributed by atoms with E-state index >= 15 is 0 Å². The predicted molar refractivity (Wildman–Crippen MR) is 88.8 cm³/mol. The van der Waals surface area contributed by atoms with Gasteiger partial charge in [-0.2, -0.15) is 0 Å². The summed E-state index contributed by atoms with van der Waals surface area (Å²) in [5.74, 6) is -1.06. The van der Waals surface area contributed by atoms with Gasteiger partial charge in [0.25, 0.3) is 0 Å². The lowest BCUT2D eigenvalue weighted by Gasteiger charge is -2.28. The number of benzene rings is 1. The molecule has 134 valence electrons. The SMILES string of the molecule is CN(Cc1ccco1)C(=O)NC1CCN(C)C1c1ccc(F)c(F)c1. The van der Waals surface area contributed by atoms with Crippen LogP contribution in [0.1, 0.15) is 23.8 Å². The number of likely N-dealkylation sites (tertiary alicyclic amines) is 1. The van der Waals surface area contributed by atoms with E-state index in [1.54, 1.807) is 31.5 Å². The Labute approximate surface area is 145 Å². The smallest absolute Gasteiger partial charge is 0.317 e. The minimum Gasteiger partial charge on any atom is -0.467 e. The molecule has 0 saturated carbocycles. The molecule has 1 aromatic carbocycles. The van der Waals surface area contributed by atoms with Crippen LogP contribution in [0.5, 0.6) is 0 Å². The number of hydrogen-bond acceptors (Lipinski definition) is 3. The third-order valence-corrected chi connectivity index (χ3v) is 4.56. The van der Waals surface area contributed by atoms with E-state index in [4.69, 9.17) is 4.42 Å². The molecule has 0 bridgehead atoms. The van der Waals surface area contributed by atoms with Gasteiger partial charge in [0, 0.05) is 13.6 Å². The van der Waals surface area contributed by atoms with Crippen LogP contribution in [0.25, 0.3) is 0 Å². The molecule has 1 aliphatic rings. The molecule has 2 heterocycles. The fourth-order valence-electron chi connectivity index (χ4n) is 3.26. The van der Waals surface area contributed by atoms with Gasteiger partial charge in [0.05, 0.1) is 24.9 Å². The summed E-state index contributed by atoms with van der Waals surface area (Å²) in [6.45, 7) is 1.12. The highest BCUT2D eigenvalue weighted by atomic mass is 19.2. The Bertz CT molecular complexity index is 736. The number of halogens is 2. The molecule has 2 unspecified atom stereocenters. The van der Waals surface area contributed by atoms with E-state index in [0.717, 1.165) is 19.0 Å². The lowest BCUT2D eigenvalue weighted by molar-refractivity contribution is 0.194. The van der Waals surface area contributed by atoms with Crippen molar-refractivity contribution < 1.29 is 18.0 Å². The first-order valence-corrected chi connectivity index (χ1v) is 8.15. The number of furan rings is 1. The Morgan fingerprint density at radius 2 is 2.16 bits per heavy atom. The third kappa shape index (κ3) is 3.82. The molecule has 0 spiro atoms. The van der Waals surface area contributed by atoms with Crippen molar-refractivity contribution in [2.24, 2.45) is 0 Å². The molecule has 1 fully saturated rings. The Morgan fingerprint density at radius 3 is 2.84 bits per heavy atom. The summed E-state index contributed by atoms with van der Waals surface area (Å²) >= 11 is 0. The van der Waals surface area contributed by atoms with Crippen LogP contribution in [0.2, 0.25) is 0 Å². The van der Waals surface area contributed by atoms with E-state index in [1.165, 1.54) is 11.0 Å². The molecule has 1 aromatic heterocycles. The zero-order valence-electron chi connectivity index (χ0n) is 14.2. The van der Waals surface area contributed by atoms with Crippen LogP contribution in [-0.2, 0) is 6.54 Å². The van der Waals surface area contributed by atoms with Crippen LogP contribution in [0.4, 0.5) is 13.6 Å². The fraction of sp³-hybridized carbons (Fsp3) is 0.389. The Hall–Kier alpha value is -2.41. The topological polar surface area (TPSA) is 48.7 Å². The van der Waals surface area contributed by atoms with Crippen molar-refractivity contribution in [3.05, 3.63) is 59.6 Å². The lowest BCUT2D eigenvalue weighted by Crippen LogP contribution is -2.44. The van der Waals surface area contributed by atoms with Gasteiger partial charge >= 0.3 is 6.03 Å². The molecule has 1 aliphatic heterocycles. The van der Waals surface area contributed by atoms with Crippen molar-refractivity contribution in [1.82, 2.24) is 15.1 Å². The van der Waals surface area contributed by atoms with Gasteiger partial charge in [0.1, 0.15) is 5.76 Å². The molecule has 0 aliphatic carbocycles. The fourth-order valence-corrected chi connectivity index (χ4v) is 3.26.